The third kappa shape index (κ3) is 19.2. The largest absolute Gasteiger partial charge is 0.497 e. The van der Waals surface area contributed by atoms with Gasteiger partial charge in [-0.3, -0.25) is 0 Å². The molecule has 15 unspecified atom stereocenters. The highest BCUT2D eigenvalue weighted by atomic mass is 16.8. The molecule has 11 rings (SSSR count). The fourth-order valence-corrected chi connectivity index (χ4v) is 12.5. The minimum Gasteiger partial charge on any atom is -0.497 e. The van der Waals surface area contributed by atoms with Crippen LogP contribution in [0.3, 0.4) is 0 Å². The quantitative estimate of drug-likeness (QED) is 0.0206. The van der Waals surface area contributed by atoms with Crippen LogP contribution in [-0.2, 0) is 94.6 Å². The number of hydrogen-bond acceptors (Lipinski definition) is 23. The number of methoxy groups -OCH3 is 5. The standard InChI is InChI=1S/C70H77N15O18/c1-86-47-21-11-41(12-22-47)34-91-39-58-63(102-69-59(80-85-75)64(94-37-44-17-27-50(89-4)28-18-44)62(56(98-69)33-76-81-71)93-36-43-15-25-49(88-3)26-16-43)66(95-38-45-19-29-51(90-5)30-20-45)70(100-58)103-65-60(92-35-42-13-23-48(87-2)24-14-42)52(77-82-72)31-53(78-83-73)61(65)101-68-54(79-84-74)32-55-57(99-68)40-96-67(97-55)46-9-7-6-8-10-46/h6-30,32,52-54,56-70H,31,33-40H2,1-5H3/t52-,53?,54?,56?,57?,58-,59?,60?,61?,62?,63?,64?,65?,66?,67?,68?,69?,70+/m1/s1. The highest BCUT2D eigenvalue weighted by Gasteiger charge is 2.57. The molecule has 6 aromatic rings. The Bertz CT molecular complexity index is 3980. The lowest BCUT2D eigenvalue weighted by atomic mass is 9.84. The first-order chi connectivity index (χ1) is 50.5. The number of azide groups is 5. The normalized spacial score (nSPS) is 27.8. The molecule has 5 aliphatic rings. The summed E-state index contributed by atoms with van der Waals surface area (Å²) in [5.74, 6) is 3.29. The Kier molecular flexibility index (Phi) is 26.8. The number of hydrogen-bond donors (Lipinski definition) is 0. The van der Waals surface area contributed by atoms with Crippen molar-refractivity contribution in [3.8, 4) is 28.7 Å². The molecule has 4 aliphatic heterocycles. The SMILES string of the molecule is COc1ccc(COC[C@H]2O[C@@H](OC3C(OC4OC5COC(c6ccccc6)OC5=CC4N=[N+]=[N-])C(N=[N+]=[N-])C[C@@H](N=[N+]=[N-])C3OCc3ccc(OC)cc3)C(OCc3ccc(OC)cc3)C2OC2OC(CN=[N+]=[N-])C(OCc3ccc(OC)cc3)C(OCc3ccc(OC)cc3)C2N=[N+]=[N-])cc1. The maximum absolute atomic E-state index is 10.6. The summed E-state index contributed by atoms with van der Waals surface area (Å²) in [6.45, 7) is -0.888. The van der Waals surface area contributed by atoms with Crippen LogP contribution in [0.2, 0.25) is 0 Å². The lowest BCUT2D eigenvalue weighted by molar-refractivity contribution is -0.303. The first-order valence-corrected chi connectivity index (χ1v) is 32.9. The zero-order chi connectivity index (χ0) is 71.9. The Labute approximate surface area is 591 Å². The Hall–Kier alpha value is -10.1. The molecule has 1 saturated carbocycles. The van der Waals surface area contributed by atoms with E-state index >= 15 is 0 Å². The fourth-order valence-electron chi connectivity index (χ4n) is 12.5. The van der Waals surface area contributed by atoms with Gasteiger partial charge in [-0.05, 0) is 129 Å². The Morgan fingerprint density at radius 1 is 0.417 bits per heavy atom. The highest BCUT2D eigenvalue weighted by molar-refractivity contribution is 5.31. The van der Waals surface area contributed by atoms with Gasteiger partial charge in [0.1, 0.15) is 89.3 Å². The van der Waals surface area contributed by atoms with Crippen LogP contribution in [0, 0.1) is 0 Å². The summed E-state index contributed by atoms with van der Waals surface area (Å²) in [6, 6.07) is 40.0. The number of rotatable bonds is 34. The summed E-state index contributed by atoms with van der Waals surface area (Å²) in [4.78, 5) is 16.1. The zero-order valence-electron chi connectivity index (χ0n) is 56.8. The molecule has 0 N–H and O–H groups in total. The van der Waals surface area contributed by atoms with E-state index in [4.69, 9.17) is 85.3 Å². The predicted octanol–water partition coefficient (Wildman–Crippen LogP) is 13.0. The molecule has 103 heavy (non-hydrogen) atoms. The smallest absolute Gasteiger partial charge is 0.226 e. The molecular weight excluding hydrogens is 1340 g/mol. The second kappa shape index (κ2) is 37.2. The summed E-state index contributed by atoms with van der Waals surface area (Å²) in [7, 11) is 7.75. The topological polar surface area (TPSA) is 410 Å². The van der Waals surface area contributed by atoms with Gasteiger partial charge in [0.15, 0.2) is 18.9 Å². The van der Waals surface area contributed by atoms with Crippen molar-refractivity contribution in [3.05, 3.63) is 249 Å². The van der Waals surface area contributed by atoms with Crippen LogP contribution in [0.15, 0.2) is 189 Å². The van der Waals surface area contributed by atoms with E-state index in [9.17, 15) is 27.7 Å². The molecule has 0 aromatic heterocycles. The number of benzene rings is 6. The van der Waals surface area contributed by atoms with Crippen LogP contribution in [0.1, 0.15) is 46.1 Å². The first-order valence-electron chi connectivity index (χ1n) is 32.9. The summed E-state index contributed by atoms with van der Waals surface area (Å²) >= 11 is 0. The maximum atomic E-state index is 10.6. The van der Waals surface area contributed by atoms with E-state index in [0.29, 0.717) is 51.2 Å². The van der Waals surface area contributed by atoms with E-state index < -0.39 is 110 Å². The van der Waals surface area contributed by atoms with Crippen LogP contribution < -0.4 is 23.7 Å². The highest BCUT2D eigenvalue weighted by Crippen LogP contribution is 2.42. The van der Waals surface area contributed by atoms with Gasteiger partial charge in [-0.15, -0.1) is 0 Å². The molecule has 540 valence electrons. The van der Waals surface area contributed by atoms with Crippen LogP contribution >= 0.6 is 0 Å². The lowest BCUT2D eigenvalue weighted by Crippen LogP contribution is -2.62. The minimum atomic E-state index is -1.59. The van der Waals surface area contributed by atoms with Gasteiger partial charge in [0, 0.05) is 30.1 Å². The van der Waals surface area contributed by atoms with Crippen molar-refractivity contribution in [2.75, 3.05) is 55.3 Å². The molecule has 4 heterocycles. The van der Waals surface area contributed by atoms with Crippen LogP contribution in [0.25, 0.3) is 52.2 Å². The van der Waals surface area contributed by atoms with Crippen LogP contribution in [0.5, 0.6) is 28.7 Å². The molecule has 33 nitrogen and oxygen atoms in total. The third-order valence-electron chi connectivity index (χ3n) is 17.8. The van der Waals surface area contributed by atoms with E-state index in [-0.39, 0.29) is 59.2 Å². The summed E-state index contributed by atoms with van der Waals surface area (Å²) in [6.07, 6.45) is -16.6. The predicted molar refractivity (Wildman–Crippen MR) is 364 cm³/mol. The van der Waals surface area contributed by atoms with Gasteiger partial charge in [-0.1, -0.05) is 117 Å². The molecule has 4 fully saturated rings. The van der Waals surface area contributed by atoms with E-state index in [1.165, 1.54) is 7.11 Å². The first kappa shape index (κ1) is 74.1. The Balaban J connectivity index is 1.01. The molecule has 3 saturated heterocycles. The van der Waals surface area contributed by atoms with Gasteiger partial charge in [0.2, 0.25) is 6.29 Å². The van der Waals surface area contributed by atoms with E-state index in [1.54, 1.807) is 119 Å². The molecule has 1 aliphatic carbocycles. The molecule has 18 atom stereocenters. The summed E-state index contributed by atoms with van der Waals surface area (Å²) in [5.41, 5.74) is 55.8. The second-order valence-electron chi connectivity index (χ2n) is 24.1. The van der Waals surface area contributed by atoms with Crippen LogP contribution in [0.4, 0.5) is 0 Å². The van der Waals surface area contributed by atoms with Crippen molar-refractivity contribution in [1.82, 2.24) is 0 Å². The summed E-state index contributed by atoms with van der Waals surface area (Å²) < 4.78 is 116. The molecule has 33 heteroatoms. The monoisotopic (exact) mass is 1420 g/mol. The van der Waals surface area contributed by atoms with Gasteiger partial charge in [0.25, 0.3) is 0 Å². The molecular formula is C70H77N15O18. The minimum absolute atomic E-state index is 0.0147. The molecule has 0 bridgehead atoms. The molecule has 0 amide bonds. The number of fused-ring (bicyclic) bond motifs is 1. The molecule has 0 spiro atoms. The van der Waals surface area contributed by atoms with Gasteiger partial charge in [0.05, 0.1) is 119 Å². The van der Waals surface area contributed by atoms with Crippen molar-refractivity contribution in [2.24, 2.45) is 25.6 Å². The van der Waals surface area contributed by atoms with Crippen molar-refractivity contribution in [2.45, 2.75) is 150 Å². The van der Waals surface area contributed by atoms with Gasteiger partial charge in [-0.25, -0.2) is 0 Å². The van der Waals surface area contributed by atoms with E-state index in [2.05, 4.69) is 50.1 Å². The molecule has 6 aromatic carbocycles. The van der Waals surface area contributed by atoms with Crippen LogP contribution in [-0.4, -0.2) is 159 Å². The maximum Gasteiger partial charge on any atom is 0.226 e. The fraction of sp³-hybridized carbons (Fsp3) is 0.457. The Morgan fingerprint density at radius 3 is 1.38 bits per heavy atom. The van der Waals surface area contributed by atoms with E-state index in [1.807, 2.05) is 66.7 Å². The van der Waals surface area contributed by atoms with Crippen molar-refractivity contribution in [3.63, 3.8) is 0 Å². The average molecular weight is 1420 g/mol. The second-order valence-corrected chi connectivity index (χ2v) is 24.1. The van der Waals surface area contributed by atoms with Crippen molar-refractivity contribution < 1.29 is 85.3 Å². The van der Waals surface area contributed by atoms with Crippen molar-refractivity contribution >= 4 is 0 Å². The van der Waals surface area contributed by atoms with Crippen molar-refractivity contribution in [1.29, 1.82) is 0 Å². The summed E-state index contributed by atoms with van der Waals surface area (Å²) in [5, 5.41) is 20.9. The van der Waals surface area contributed by atoms with Gasteiger partial charge >= 0.3 is 0 Å². The molecule has 0 radical (unpaired) electrons. The zero-order valence-corrected chi connectivity index (χ0v) is 56.8. The average Bonchev–Trinajstić information content (AvgIpc) is 1.72. The van der Waals surface area contributed by atoms with Gasteiger partial charge < -0.3 is 85.3 Å². The number of nitrogens with zero attached hydrogens (tertiary/aromatic N) is 15. The van der Waals surface area contributed by atoms with Gasteiger partial charge in [-0.2, -0.15) is 0 Å². The number of ether oxygens (including phenoxy) is 18. The lowest BCUT2D eigenvalue weighted by Gasteiger charge is -2.47. The Morgan fingerprint density at radius 2 is 0.874 bits per heavy atom. The third-order valence-corrected chi connectivity index (χ3v) is 17.8. The van der Waals surface area contributed by atoms with E-state index in [0.717, 1.165) is 16.7 Å².